The van der Waals surface area contributed by atoms with Gasteiger partial charge < -0.3 is 9.84 Å². The molecule has 0 aromatic heterocycles. The van der Waals surface area contributed by atoms with Crippen LogP contribution in [0.3, 0.4) is 0 Å². The maximum atomic E-state index is 13.2. The summed E-state index contributed by atoms with van der Waals surface area (Å²) in [4.78, 5) is 0. The monoisotopic (exact) mass is 286 g/mol. The molecule has 0 spiro atoms. The number of hydrogen-bond donors (Lipinski definition) is 1. The van der Waals surface area contributed by atoms with E-state index >= 15 is 0 Å². The van der Waals surface area contributed by atoms with Gasteiger partial charge in [0.05, 0.1) is 16.7 Å². The van der Waals surface area contributed by atoms with Crippen LogP contribution in [0.1, 0.15) is 5.56 Å². The molecule has 0 amide bonds. The molecule has 0 radical (unpaired) electrons. The molecule has 94 valence electrons. The lowest BCUT2D eigenvalue weighted by Gasteiger charge is -2.09. The van der Waals surface area contributed by atoms with Crippen LogP contribution in [0, 0.1) is 5.82 Å². The van der Waals surface area contributed by atoms with Gasteiger partial charge in [-0.2, -0.15) is 0 Å². The second kappa shape index (κ2) is 5.57. The molecule has 2 nitrogen and oxygen atoms in total. The van der Waals surface area contributed by atoms with E-state index in [1.54, 1.807) is 24.3 Å². The number of aliphatic hydroxyl groups excluding tert-OH is 1. The Morgan fingerprint density at radius 3 is 2.44 bits per heavy atom. The highest BCUT2D eigenvalue weighted by Gasteiger charge is 2.06. The third-order valence-electron chi connectivity index (χ3n) is 2.30. The Morgan fingerprint density at radius 1 is 1.06 bits per heavy atom. The zero-order valence-electron chi connectivity index (χ0n) is 9.16. The number of halogens is 3. The van der Waals surface area contributed by atoms with Crippen molar-refractivity contribution in [2.45, 2.75) is 6.61 Å². The van der Waals surface area contributed by atoms with Gasteiger partial charge in [0.15, 0.2) is 0 Å². The first-order chi connectivity index (χ1) is 8.60. The van der Waals surface area contributed by atoms with Crippen LogP contribution in [-0.2, 0) is 6.61 Å². The van der Waals surface area contributed by atoms with Crippen LogP contribution in [-0.4, -0.2) is 5.11 Å². The maximum Gasteiger partial charge on any atom is 0.146 e. The van der Waals surface area contributed by atoms with E-state index in [1.165, 1.54) is 12.1 Å². The predicted octanol–water partition coefficient (Wildman–Crippen LogP) is 4.42. The first-order valence-corrected chi connectivity index (χ1v) is 5.88. The summed E-state index contributed by atoms with van der Waals surface area (Å²) < 4.78 is 18.7. The zero-order chi connectivity index (χ0) is 13.1. The lowest BCUT2D eigenvalue weighted by molar-refractivity contribution is 0.281. The summed E-state index contributed by atoms with van der Waals surface area (Å²) in [6.07, 6.45) is 0. The SMILES string of the molecule is OCc1ccc(Oc2ccc(Cl)c(F)c2)c(Cl)c1. The average molecular weight is 287 g/mol. The predicted molar refractivity (Wildman–Crippen MR) is 68.9 cm³/mol. The molecule has 2 rings (SSSR count). The van der Waals surface area contributed by atoms with Crippen molar-refractivity contribution in [1.82, 2.24) is 0 Å². The molecule has 0 saturated heterocycles. The minimum Gasteiger partial charge on any atom is -0.456 e. The van der Waals surface area contributed by atoms with Crippen molar-refractivity contribution in [3.63, 3.8) is 0 Å². The Morgan fingerprint density at radius 2 is 1.83 bits per heavy atom. The molecule has 0 aliphatic heterocycles. The summed E-state index contributed by atoms with van der Waals surface area (Å²) >= 11 is 11.5. The third kappa shape index (κ3) is 2.93. The van der Waals surface area contributed by atoms with Crippen molar-refractivity contribution in [2.24, 2.45) is 0 Å². The number of ether oxygens (including phenoxy) is 1. The molecule has 0 aliphatic carbocycles. The van der Waals surface area contributed by atoms with Gasteiger partial charge in [-0.15, -0.1) is 0 Å². The van der Waals surface area contributed by atoms with E-state index in [4.69, 9.17) is 33.0 Å². The number of hydrogen-bond acceptors (Lipinski definition) is 2. The molecule has 0 unspecified atom stereocenters. The van der Waals surface area contributed by atoms with Crippen molar-refractivity contribution < 1.29 is 14.2 Å². The van der Waals surface area contributed by atoms with Crippen LogP contribution in [0.15, 0.2) is 36.4 Å². The molecular weight excluding hydrogens is 278 g/mol. The summed E-state index contributed by atoms with van der Waals surface area (Å²) in [7, 11) is 0. The minimum absolute atomic E-state index is 0.0316. The van der Waals surface area contributed by atoms with Crippen molar-refractivity contribution in [3.8, 4) is 11.5 Å². The molecule has 5 heteroatoms. The van der Waals surface area contributed by atoms with E-state index < -0.39 is 5.82 Å². The second-order valence-corrected chi connectivity index (χ2v) is 4.42. The van der Waals surface area contributed by atoms with Crippen molar-refractivity contribution >= 4 is 23.2 Å². The molecule has 2 aromatic rings. The molecule has 0 atom stereocenters. The molecule has 0 heterocycles. The van der Waals surface area contributed by atoms with Crippen molar-refractivity contribution in [2.75, 3.05) is 0 Å². The van der Waals surface area contributed by atoms with Crippen molar-refractivity contribution in [1.29, 1.82) is 0 Å². The lowest BCUT2D eigenvalue weighted by Crippen LogP contribution is -1.89. The van der Waals surface area contributed by atoms with Gasteiger partial charge in [0.1, 0.15) is 17.3 Å². The molecule has 0 saturated carbocycles. The summed E-state index contributed by atoms with van der Waals surface area (Å²) in [5, 5.41) is 9.32. The highest BCUT2D eigenvalue weighted by Crippen LogP contribution is 2.31. The molecule has 0 fully saturated rings. The van der Waals surface area contributed by atoms with Crippen LogP contribution in [0.5, 0.6) is 11.5 Å². The van der Waals surface area contributed by atoms with Crippen LogP contribution in [0.4, 0.5) is 4.39 Å². The largest absolute Gasteiger partial charge is 0.456 e. The van der Waals surface area contributed by atoms with Crippen molar-refractivity contribution in [3.05, 3.63) is 57.8 Å². The molecule has 2 aromatic carbocycles. The van der Waals surface area contributed by atoms with Gasteiger partial charge in [0.25, 0.3) is 0 Å². The third-order valence-corrected chi connectivity index (χ3v) is 2.90. The van der Waals surface area contributed by atoms with Gasteiger partial charge >= 0.3 is 0 Å². The summed E-state index contributed by atoms with van der Waals surface area (Å²) in [5.41, 5.74) is 0.676. The van der Waals surface area contributed by atoms with E-state index in [0.717, 1.165) is 0 Å². The Bertz CT molecular complexity index is 573. The average Bonchev–Trinajstić information content (AvgIpc) is 2.36. The Hall–Kier alpha value is -1.29. The smallest absolute Gasteiger partial charge is 0.146 e. The fourth-order valence-corrected chi connectivity index (χ4v) is 1.75. The molecule has 0 aliphatic rings. The fraction of sp³-hybridized carbons (Fsp3) is 0.0769. The summed E-state index contributed by atoms with van der Waals surface area (Å²) in [5.74, 6) is 0.128. The summed E-state index contributed by atoms with van der Waals surface area (Å²) in [6, 6.07) is 9.00. The molecule has 1 N–H and O–H groups in total. The summed E-state index contributed by atoms with van der Waals surface area (Å²) in [6.45, 7) is -0.102. The van der Waals surface area contributed by atoms with E-state index in [1.807, 2.05) is 0 Å². The number of benzene rings is 2. The zero-order valence-corrected chi connectivity index (χ0v) is 10.7. The molecule has 0 bridgehead atoms. The lowest BCUT2D eigenvalue weighted by atomic mass is 10.2. The Balaban J connectivity index is 2.25. The highest BCUT2D eigenvalue weighted by molar-refractivity contribution is 6.32. The quantitative estimate of drug-likeness (QED) is 0.905. The first kappa shape index (κ1) is 13.1. The Kier molecular flexibility index (Phi) is 4.07. The van der Waals surface area contributed by atoms with Gasteiger partial charge in [-0.3, -0.25) is 0 Å². The van der Waals surface area contributed by atoms with Crippen LogP contribution in [0.2, 0.25) is 10.0 Å². The van der Waals surface area contributed by atoms with E-state index in [9.17, 15) is 4.39 Å². The normalized spacial score (nSPS) is 10.4. The van der Waals surface area contributed by atoms with Crippen LogP contribution >= 0.6 is 23.2 Å². The molecular formula is C13H9Cl2FO2. The van der Waals surface area contributed by atoms with Gasteiger partial charge in [-0.1, -0.05) is 29.3 Å². The fourth-order valence-electron chi connectivity index (χ4n) is 1.39. The van der Waals surface area contributed by atoms with Gasteiger partial charge in [-0.05, 0) is 29.8 Å². The first-order valence-electron chi connectivity index (χ1n) is 5.12. The van der Waals surface area contributed by atoms with E-state index in [2.05, 4.69) is 0 Å². The van der Waals surface area contributed by atoms with E-state index in [-0.39, 0.29) is 11.6 Å². The molecule has 18 heavy (non-hydrogen) atoms. The second-order valence-electron chi connectivity index (χ2n) is 3.60. The standard InChI is InChI=1S/C13H9Cl2FO2/c14-10-3-2-9(6-12(10)16)18-13-4-1-8(7-17)5-11(13)15/h1-6,17H,7H2. The Labute approximate surface area is 114 Å². The highest BCUT2D eigenvalue weighted by atomic mass is 35.5. The number of aliphatic hydroxyl groups is 1. The van der Waals surface area contributed by atoms with Gasteiger partial charge in [0, 0.05) is 6.07 Å². The minimum atomic E-state index is -0.558. The number of rotatable bonds is 3. The maximum absolute atomic E-state index is 13.2. The van der Waals surface area contributed by atoms with Gasteiger partial charge in [0.2, 0.25) is 0 Å². The van der Waals surface area contributed by atoms with Crippen LogP contribution < -0.4 is 4.74 Å². The van der Waals surface area contributed by atoms with Gasteiger partial charge in [-0.25, -0.2) is 4.39 Å². The van der Waals surface area contributed by atoms with Crippen LogP contribution in [0.25, 0.3) is 0 Å². The van der Waals surface area contributed by atoms with E-state index in [0.29, 0.717) is 22.1 Å². The topological polar surface area (TPSA) is 29.5 Å².